The van der Waals surface area contributed by atoms with Crippen molar-refractivity contribution in [3.8, 4) is 0 Å². The van der Waals surface area contributed by atoms with Crippen molar-refractivity contribution >= 4 is 22.5 Å². The second kappa shape index (κ2) is 7.29. The topological polar surface area (TPSA) is 43.1 Å². The van der Waals surface area contributed by atoms with Gasteiger partial charge in [0.15, 0.2) is 0 Å². The predicted molar refractivity (Wildman–Crippen MR) is 116 cm³/mol. The molecule has 1 aromatic carbocycles. The molecule has 0 unspecified atom stereocenters. The van der Waals surface area contributed by atoms with E-state index in [-0.39, 0.29) is 5.56 Å². The molecule has 2 aliphatic rings. The number of aryl methyl sites for hydroxylation is 1. The Hall–Kier alpha value is -2.11. The van der Waals surface area contributed by atoms with Gasteiger partial charge in [0.1, 0.15) is 0 Å². The first-order valence-corrected chi connectivity index (χ1v) is 11.0. The van der Waals surface area contributed by atoms with Gasteiger partial charge in [-0.15, -0.1) is 0 Å². The summed E-state index contributed by atoms with van der Waals surface area (Å²) < 4.78 is 4.03. The van der Waals surface area contributed by atoms with Gasteiger partial charge in [0.25, 0.3) is 5.56 Å². The van der Waals surface area contributed by atoms with E-state index in [0.29, 0.717) is 17.9 Å². The quantitative estimate of drug-likeness (QED) is 0.642. The van der Waals surface area contributed by atoms with Crippen LogP contribution in [0.2, 0.25) is 5.02 Å². The molecule has 0 saturated carbocycles. The van der Waals surface area contributed by atoms with Gasteiger partial charge in [-0.1, -0.05) is 37.1 Å². The van der Waals surface area contributed by atoms with E-state index < -0.39 is 0 Å². The summed E-state index contributed by atoms with van der Waals surface area (Å²) >= 11 is 6.53. The minimum atomic E-state index is 0.159. The van der Waals surface area contributed by atoms with Crippen LogP contribution in [0.1, 0.15) is 49.5 Å². The molecule has 0 amide bonds. The van der Waals surface area contributed by atoms with Gasteiger partial charge in [-0.2, -0.15) is 5.10 Å². The van der Waals surface area contributed by atoms with E-state index in [0.717, 1.165) is 54.1 Å². The molecule has 0 aliphatic carbocycles. The van der Waals surface area contributed by atoms with Crippen LogP contribution < -0.4 is 5.56 Å². The number of rotatable bonds is 4. The van der Waals surface area contributed by atoms with Crippen LogP contribution in [0.25, 0.3) is 10.9 Å². The van der Waals surface area contributed by atoms with Crippen LogP contribution in [0.15, 0.2) is 41.2 Å². The first-order chi connectivity index (χ1) is 14.1. The zero-order valence-corrected chi connectivity index (χ0v) is 17.8. The lowest BCUT2D eigenvalue weighted by molar-refractivity contribution is 0.0810. The number of aromatic nitrogens is 3. The van der Waals surface area contributed by atoms with E-state index in [2.05, 4.69) is 28.5 Å². The van der Waals surface area contributed by atoms with E-state index in [9.17, 15) is 4.79 Å². The average Bonchev–Trinajstić information content (AvgIpc) is 3.02. The summed E-state index contributed by atoms with van der Waals surface area (Å²) in [6.07, 6.45) is 3.32. The molecule has 1 fully saturated rings. The highest BCUT2D eigenvalue weighted by atomic mass is 35.5. The van der Waals surface area contributed by atoms with Crippen molar-refractivity contribution in [1.29, 1.82) is 0 Å². The molecule has 1 saturated heterocycles. The Morgan fingerprint density at radius 3 is 2.83 bits per heavy atom. The van der Waals surface area contributed by atoms with Crippen LogP contribution in [0.4, 0.5) is 0 Å². The van der Waals surface area contributed by atoms with Gasteiger partial charge in [-0.05, 0) is 37.0 Å². The molecule has 5 nitrogen and oxygen atoms in total. The molecule has 0 radical (unpaired) electrons. The SMILES string of the molecule is CCC[C@H]1[C@H]2C[C@H](CN(Cc3nn(C)c4cccc(Cl)c34)C2)c2cccc(=O)n21. The Morgan fingerprint density at radius 1 is 1.17 bits per heavy atom. The molecule has 2 bridgehead atoms. The summed E-state index contributed by atoms with van der Waals surface area (Å²) in [5.74, 6) is 0.910. The largest absolute Gasteiger partial charge is 0.309 e. The lowest BCUT2D eigenvalue weighted by Gasteiger charge is -2.47. The smallest absolute Gasteiger partial charge is 0.250 e. The number of fused-ring (bicyclic) bond motifs is 5. The van der Waals surface area contributed by atoms with Crippen molar-refractivity contribution in [2.75, 3.05) is 13.1 Å². The summed E-state index contributed by atoms with van der Waals surface area (Å²) in [6, 6.07) is 12.1. The maximum absolute atomic E-state index is 12.7. The second-order valence-electron chi connectivity index (χ2n) is 8.61. The van der Waals surface area contributed by atoms with Crippen LogP contribution in [-0.4, -0.2) is 32.3 Å². The van der Waals surface area contributed by atoms with Crippen molar-refractivity contribution in [3.05, 3.63) is 63.2 Å². The van der Waals surface area contributed by atoms with Gasteiger partial charge < -0.3 is 4.57 Å². The number of benzene rings is 1. The number of pyridine rings is 1. The van der Waals surface area contributed by atoms with Crippen LogP contribution in [0.5, 0.6) is 0 Å². The molecule has 0 spiro atoms. The van der Waals surface area contributed by atoms with Gasteiger partial charge in [0, 0.05) is 55.8 Å². The summed E-state index contributed by atoms with van der Waals surface area (Å²) in [5, 5.41) is 6.62. The number of hydrogen-bond acceptors (Lipinski definition) is 3. The average molecular weight is 411 g/mol. The van der Waals surface area contributed by atoms with Gasteiger partial charge in [0.2, 0.25) is 0 Å². The van der Waals surface area contributed by atoms with E-state index >= 15 is 0 Å². The first-order valence-electron chi connectivity index (χ1n) is 10.6. The number of nitrogens with zero attached hydrogens (tertiary/aromatic N) is 4. The van der Waals surface area contributed by atoms with Gasteiger partial charge in [0.05, 0.1) is 16.2 Å². The van der Waals surface area contributed by atoms with Crippen LogP contribution in [0.3, 0.4) is 0 Å². The van der Waals surface area contributed by atoms with Crippen molar-refractivity contribution in [3.63, 3.8) is 0 Å². The zero-order valence-electron chi connectivity index (χ0n) is 17.0. The van der Waals surface area contributed by atoms with Crippen molar-refractivity contribution in [1.82, 2.24) is 19.2 Å². The van der Waals surface area contributed by atoms with Gasteiger partial charge >= 0.3 is 0 Å². The number of piperidine rings is 1. The molecule has 4 heterocycles. The molecule has 29 heavy (non-hydrogen) atoms. The van der Waals surface area contributed by atoms with Gasteiger partial charge in [-0.3, -0.25) is 14.4 Å². The van der Waals surface area contributed by atoms with E-state index in [1.807, 2.05) is 29.9 Å². The summed E-state index contributed by atoms with van der Waals surface area (Å²) in [4.78, 5) is 15.2. The fraction of sp³-hybridized carbons (Fsp3) is 0.478. The van der Waals surface area contributed by atoms with E-state index in [1.165, 1.54) is 12.1 Å². The highest BCUT2D eigenvalue weighted by molar-refractivity contribution is 6.35. The lowest BCUT2D eigenvalue weighted by Crippen LogP contribution is -2.49. The van der Waals surface area contributed by atoms with Crippen LogP contribution in [0, 0.1) is 5.92 Å². The third-order valence-corrected chi connectivity index (χ3v) is 7.05. The van der Waals surface area contributed by atoms with Gasteiger partial charge in [-0.25, -0.2) is 0 Å². The number of likely N-dealkylation sites (tertiary alicyclic amines) is 1. The maximum atomic E-state index is 12.7. The molecule has 3 atom stereocenters. The Kier molecular flexibility index (Phi) is 4.75. The molecule has 2 aliphatic heterocycles. The van der Waals surface area contributed by atoms with Crippen molar-refractivity contribution in [2.24, 2.45) is 13.0 Å². The van der Waals surface area contributed by atoms with E-state index in [1.54, 1.807) is 6.07 Å². The van der Waals surface area contributed by atoms with Crippen LogP contribution in [-0.2, 0) is 13.6 Å². The number of halogens is 1. The Morgan fingerprint density at radius 2 is 2.00 bits per heavy atom. The fourth-order valence-corrected chi connectivity index (χ4v) is 5.88. The molecule has 0 N–H and O–H groups in total. The Labute approximate surface area is 175 Å². The molecular formula is C23H27ClN4O. The summed E-state index contributed by atoms with van der Waals surface area (Å²) in [5.41, 5.74) is 3.49. The molecule has 6 heteroatoms. The first kappa shape index (κ1) is 18.9. The standard InChI is InChI=1S/C23H27ClN4O/c1-3-6-19-15-11-16(20-8-5-10-22(29)28(19)20)13-27(12-15)14-18-23-17(24)7-4-9-21(23)26(2)25-18/h4-5,7-10,15-16,19H,3,6,11-14H2,1-2H3/t15-,16+,19-/m0/s1. The number of hydrogen-bond donors (Lipinski definition) is 0. The highest BCUT2D eigenvalue weighted by Gasteiger charge is 2.40. The van der Waals surface area contributed by atoms with Crippen molar-refractivity contribution < 1.29 is 0 Å². The summed E-state index contributed by atoms with van der Waals surface area (Å²) in [7, 11) is 1.98. The van der Waals surface area contributed by atoms with E-state index in [4.69, 9.17) is 16.7 Å². The molecule has 5 rings (SSSR count). The molecule has 2 aromatic heterocycles. The van der Waals surface area contributed by atoms with Crippen molar-refractivity contribution in [2.45, 2.75) is 44.7 Å². The maximum Gasteiger partial charge on any atom is 0.250 e. The zero-order chi connectivity index (χ0) is 20.1. The molecule has 152 valence electrons. The molecule has 3 aromatic rings. The Bertz CT molecular complexity index is 1120. The van der Waals surface area contributed by atoms with Crippen LogP contribution >= 0.6 is 11.6 Å². The minimum Gasteiger partial charge on any atom is -0.309 e. The predicted octanol–water partition coefficient (Wildman–Crippen LogP) is 4.35. The molecular weight excluding hydrogens is 384 g/mol. The third kappa shape index (κ3) is 3.11. The highest BCUT2D eigenvalue weighted by Crippen LogP contribution is 2.43. The lowest BCUT2D eigenvalue weighted by atomic mass is 9.77. The fourth-order valence-electron chi connectivity index (χ4n) is 5.61. The minimum absolute atomic E-state index is 0.159. The monoisotopic (exact) mass is 410 g/mol. The normalized spacial score (nSPS) is 24.0. The third-order valence-electron chi connectivity index (χ3n) is 6.73. The second-order valence-corrected chi connectivity index (χ2v) is 9.01. The summed E-state index contributed by atoms with van der Waals surface area (Å²) in [6.45, 7) is 4.97. The Balaban J connectivity index is 1.49.